The highest BCUT2D eigenvalue weighted by molar-refractivity contribution is 5.81. The molecule has 0 unspecified atom stereocenters. The van der Waals surface area contributed by atoms with E-state index in [4.69, 9.17) is 0 Å². The standard InChI is InChI=1S/C17H20N4O/c1-4-14(9-20-6-5-18-10-20)21-11-19-16-13(3)7-12(2)8-15(16)17(21)22/h5-8,10-11,14H,4,9H2,1-3H3/t14-/m0/s1. The summed E-state index contributed by atoms with van der Waals surface area (Å²) >= 11 is 0. The summed E-state index contributed by atoms with van der Waals surface area (Å²) in [5.74, 6) is 0. The lowest BCUT2D eigenvalue weighted by Gasteiger charge is -2.19. The molecule has 0 N–H and O–H groups in total. The summed E-state index contributed by atoms with van der Waals surface area (Å²) in [6.45, 7) is 6.80. The van der Waals surface area contributed by atoms with Crippen LogP contribution in [0.1, 0.15) is 30.5 Å². The van der Waals surface area contributed by atoms with Gasteiger partial charge in [0.05, 0.1) is 29.6 Å². The Hall–Kier alpha value is -2.43. The van der Waals surface area contributed by atoms with Crippen LogP contribution in [-0.4, -0.2) is 19.1 Å². The summed E-state index contributed by atoms with van der Waals surface area (Å²) in [5, 5.41) is 0.698. The van der Waals surface area contributed by atoms with Crippen LogP contribution in [0.2, 0.25) is 0 Å². The van der Waals surface area contributed by atoms with Crippen LogP contribution in [0.5, 0.6) is 0 Å². The van der Waals surface area contributed by atoms with E-state index in [1.165, 1.54) is 0 Å². The summed E-state index contributed by atoms with van der Waals surface area (Å²) < 4.78 is 3.74. The number of hydrogen-bond donors (Lipinski definition) is 0. The third kappa shape index (κ3) is 2.54. The van der Waals surface area contributed by atoms with Crippen LogP contribution < -0.4 is 5.56 Å². The van der Waals surface area contributed by atoms with E-state index in [1.54, 1.807) is 23.4 Å². The van der Waals surface area contributed by atoms with Crippen molar-refractivity contribution in [3.05, 3.63) is 58.7 Å². The van der Waals surface area contributed by atoms with Crippen molar-refractivity contribution in [3.8, 4) is 0 Å². The van der Waals surface area contributed by atoms with Gasteiger partial charge in [-0.05, 0) is 37.5 Å². The molecule has 0 spiro atoms. The smallest absolute Gasteiger partial charge is 0.261 e. The average molecular weight is 296 g/mol. The van der Waals surface area contributed by atoms with E-state index in [0.29, 0.717) is 11.9 Å². The second-order valence-corrected chi connectivity index (χ2v) is 5.76. The number of fused-ring (bicyclic) bond motifs is 1. The molecule has 5 heteroatoms. The average Bonchev–Trinajstić information content (AvgIpc) is 2.99. The SMILES string of the molecule is CC[C@@H](Cn1ccnc1)n1cnc2c(C)cc(C)cc2c1=O. The Balaban J connectivity index is 2.10. The van der Waals surface area contributed by atoms with Crippen LogP contribution in [0.3, 0.4) is 0 Å². The highest BCUT2D eigenvalue weighted by Gasteiger charge is 2.14. The van der Waals surface area contributed by atoms with Gasteiger partial charge in [-0.2, -0.15) is 0 Å². The molecule has 0 aliphatic rings. The van der Waals surface area contributed by atoms with Crippen LogP contribution >= 0.6 is 0 Å². The fourth-order valence-corrected chi connectivity index (χ4v) is 2.92. The van der Waals surface area contributed by atoms with E-state index in [-0.39, 0.29) is 11.6 Å². The molecule has 5 nitrogen and oxygen atoms in total. The second-order valence-electron chi connectivity index (χ2n) is 5.76. The van der Waals surface area contributed by atoms with E-state index in [1.807, 2.05) is 30.7 Å². The van der Waals surface area contributed by atoms with E-state index >= 15 is 0 Å². The first kappa shape index (κ1) is 14.5. The van der Waals surface area contributed by atoms with E-state index in [2.05, 4.69) is 23.0 Å². The van der Waals surface area contributed by atoms with Crippen molar-refractivity contribution in [2.75, 3.05) is 0 Å². The lowest BCUT2D eigenvalue weighted by Crippen LogP contribution is -2.27. The van der Waals surface area contributed by atoms with Gasteiger partial charge >= 0.3 is 0 Å². The normalized spacial score (nSPS) is 12.7. The predicted molar refractivity (Wildman–Crippen MR) is 87.0 cm³/mol. The molecule has 0 saturated carbocycles. The Morgan fingerprint density at radius 1 is 1.23 bits per heavy atom. The van der Waals surface area contributed by atoms with Crippen LogP contribution in [-0.2, 0) is 6.54 Å². The summed E-state index contributed by atoms with van der Waals surface area (Å²) in [6, 6.07) is 4.06. The summed E-state index contributed by atoms with van der Waals surface area (Å²) in [7, 11) is 0. The quantitative estimate of drug-likeness (QED) is 0.744. The van der Waals surface area contributed by atoms with Crippen molar-refractivity contribution >= 4 is 10.9 Å². The molecule has 2 aromatic heterocycles. The lowest BCUT2D eigenvalue weighted by atomic mass is 10.1. The van der Waals surface area contributed by atoms with Gasteiger partial charge in [-0.1, -0.05) is 13.0 Å². The highest BCUT2D eigenvalue weighted by Crippen LogP contribution is 2.17. The Kier molecular flexibility index (Phi) is 3.79. The van der Waals surface area contributed by atoms with Gasteiger partial charge in [-0.15, -0.1) is 0 Å². The molecule has 1 aromatic carbocycles. The molecule has 22 heavy (non-hydrogen) atoms. The topological polar surface area (TPSA) is 52.7 Å². The van der Waals surface area contributed by atoms with E-state index in [0.717, 1.165) is 23.1 Å². The van der Waals surface area contributed by atoms with Crippen LogP contribution in [0.15, 0.2) is 42.0 Å². The van der Waals surface area contributed by atoms with Crippen molar-refractivity contribution in [3.63, 3.8) is 0 Å². The zero-order chi connectivity index (χ0) is 15.7. The summed E-state index contributed by atoms with van der Waals surface area (Å²) in [5.41, 5.74) is 2.96. The number of aryl methyl sites for hydroxylation is 2. The molecule has 0 radical (unpaired) electrons. The number of aromatic nitrogens is 4. The third-order valence-corrected chi connectivity index (χ3v) is 4.07. The minimum absolute atomic E-state index is 0.0313. The first-order valence-electron chi connectivity index (χ1n) is 7.54. The van der Waals surface area contributed by atoms with Crippen molar-refractivity contribution in [1.82, 2.24) is 19.1 Å². The van der Waals surface area contributed by atoms with Crippen LogP contribution in [0.25, 0.3) is 10.9 Å². The van der Waals surface area contributed by atoms with Crippen LogP contribution in [0.4, 0.5) is 0 Å². The molecular weight excluding hydrogens is 276 g/mol. The fourth-order valence-electron chi connectivity index (χ4n) is 2.92. The Morgan fingerprint density at radius 3 is 2.73 bits per heavy atom. The van der Waals surface area contributed by atoms with Gasteiger partial charge in [-0.25, -0.2) is 9.97 Å². The van der Waals surface area contributed by atoms with Gasteiger partial charge in [0.15, 0.2) is 0 Å². The maximum atomic E-state index is 12.9. The van der Waals surface area contributed by atoms with E-state index < -0.39 is 0 Å². The molecule has 114 valence electrons. The Labute approximate surface area is 129 Å². The predicted octanol–water partition coefficient (Wildman–Crippen LogP) is 2.86. The maximum absolute atomic E-state index is 12.9. The number of hydrogen-bond acceptors (Lipinski definition) is 3. The first-order valence-corrected chi connectivity index (χ1v) is 7.54. The maximum Gasteiger partial charge on any atom is 0.261 e. The minimum atomic E-state index is 0.0313. The molecule has 0 saturated heterocycles. The third-order valence-electron chi connectivity index (χ3n) is 4.07. The van der Waals surface area contributed by atoms with Crippen molar-refractivity contribution in [1.29, 1.82) is 0 Å². The highest BCUT2D eigenvalue weighted by atomic mass is 16.1. The van der Waals surface area contributed by atoms with Crippen LogP contribution in [0, 0.1) is 13.8 Å². The zero-order valence-corrected chi connectivity index (χ0v) is 13.2. The number of rotatable bonds is 4. The fraction of sp³-hybridized carbons (Fsp3) is 0.353. The first-order chi connectivity index (χ1) is 10.6. The van der Waals surface area contributed by atoms with Gasteiger partial charge in [-0.3, -0.25) is 9.36 Å². The molecule has 3 rings (SSSR count). The van der Waals surface area contributed by atoms with Gasteiger partial charge < -0.3 is 4.57 Å². The largest absolute Gasteiger partial charge is 0.335 e. The number of imidazole rings is 1. The van der Waals surface area contributed by atoms with Crippen molar-refractivity contribution in [2.24, 2.45) is 0 Å². The van der Waals surface area contributed by atoms with E-state index in [9.17, 15) is 4.79 Å². The summed E-state index contributed by atoms with van der Waals surface area (Å²) in [4.78, 5) is 21.4. The molecule has 0 aliphatic carbocycles. The van der Waals surface area contributed by atoms with Gasteiger partial charge in [0.1, 0.15) is 0 Å². The second kappa shape index (κ2) is 5.75. The molecule has 1 atom stereocenters. The lowest BCUT2D eigenvalue weighted by molar-refractivity contribution is 0.406. The van der Waals surface area contributed by atoms with Crippen molar-refractivity contribution in [2.45, 2.75) is 39.8 Å². The number of benzene rings is 1. The molecule has 3 aromatic rings. The number of nitrogens with zero attached hydrogens (tertiary/aromatic N) is 4. The molecule has 0 aliphatic heterocycles. The molecule has 0 amide bonds. The van der Waals surface area contributed by atoms with Gasteiger partial charge in [0, 0.05) is 18.9 Å². The molecule has 0 bridgehead atoms. The Bertz CT molecular complexity index is 849. The Morgan fingerprint density at radius 2 is 2.05 bits per heavy atom. The van der Waals surface area contributed by atoms with Gasteiger partial charge in [0.2, 0.25) is 0 Å². The summed E-state index contributed by atoms with van der Waals surface area (Å²) in [6.07, 6.45) is 7.97. The monoisotopic (exact) mass is 296 g/mol. The molecule has 0 fully saturated rings. The van der Waals surface area contributed by atoms with Gasteiger partial charge in [0.25, 0.3) is 5.56 Å². The molecular formula is C17H20N4O. The van der Waals surface area contributed by atoms with Crippen molar-refractivity contribution < 1.29 is 0 Å². The minimum Gasteiger partial charge on any atom is -0.335 e. The molecule has 2 heterocycles. The zero-order valence-electron chi connectivity index (χ0n) is 13.2.